The van der Waals surface area contributed by atoms with Gasteiger partial charge in [-0.3, -0.25) is 14.4 Å². The van der Waals surface area contributed by atoms with Gasteiger partial charge in [0.2, 0.25) is 0 Å². The maximum absolute atomic E-state index is 12.5. The van der Waals surface area contributed by atoms with Gasteiger partial charge in [0.15, 0.2) is 5.78 Å². The molecule has 7 heteroatoms. The van der Waals surface area contributed by atoms with E-state index in [-0.39, 0.29) is 23.6 Å². The van der Waals surface area contributed by atoms with Gasteiger partial charge in [-0.05, 0) is 12.0 Å². The molecule has 1 unspecified atom stereocenters. The van der Waals surface area contributed by atoms with Gasteiger partial charge in [0.25, 0.3) is 10.9 Å². The van der Waals surface area contributed by atoms with Gasteiger partial charge in [-0.1, -0.05) is 61.5 Å². The van der Waals surface area contributed by atoms with Gasteiger partial charge < -0.3 is 15.7 Å². The molecule has 3 rings (SSSR count). The molecular weight excluding hydrogens is 384 g/mol. The number of carbonyl (C=O) groups is 2. The van der Waals surface area contributed by atoms with Crippen molar-refractivity contribution in [1.29, 1.82) is 0 Å². The van der Waals surface area contributed by atoms with Crippen LogP contribution in [-0.2, 0) is 11.2 Å². The van der Waals surface area contributed by atoms with Gasteiger partial charge in [0.1, 0.15) is 17.4 Å². The number of benzene rings is 2. The third-order valence-corrected chi connectivity index (χ3v) is 4.77. The third-order valence-electron chi connectivity index (χ3n) is 4.77. The Morgan fingerprint density at radius 2 is 1.50 bits per heavy atom. The lowest BCUT2D eigenvalue weighted by molar-refractivity contribution is -0.137. The average Bonchev–Trinajstić information content (AvgIpc) is 2.77. The lowest BCUT2D eigenvalue weighted by Crippen LogP contribution is -2.42. The van der Waals surface area contributed by atoms with E-state index in [1.807, 2.05) is 13.0 Å². The van der Waals surface area contributed by atoms with E-state index in [1.165, 1.54) is 0 Å². The number of hydrogen-bond acceptors (Lipinski definition) is 6. The third kappa shape index (κ3) is 4.46. The first kappa shape index (κ1) is 21.0. The summed E-state index contributed by atoms with van der Waals surface area (Å²) in [5.41, 5.74) is 0.540. The Kier molecular flexibility index (Phi) is 6.41. The number of anilines is 2. The van der Waals surface area contributed by atoms with E-state index in [0.717, 1.165) is 6.42 Å². The molecule has 1 atom stereocenters. The second-order valence-electron chi connectivity index (χ2n) is 6.97. The summed E-state index contributed by atoms with van der Waals surface area (Å²) in [5.74, 6) is -1.26. The van der Waals surface area contributed by atoms with Gasteiger partial charge >= 0.3 is 5.97 Å². The van der Waals surface area contributed by atoms with Gasteiger partial charge in [-0.2, -0.15) is 0 Å². The number of carboxylic acids is 1. The molecule has 0 saturated heterocycles. The van der Waals surface area contributed by atoms with Crippen molar-refractivity contribution in [3.8, 4) is 0 Å². The maximum atomic E-state index is 12.5. The Morgan fingerprint density at radius 3 is 2.10 bits per heavy atom. The van der Waals surface area contributed by atoms with E-state index in [2.05, 4.69) is 10.6 Å². The van der Waals surface area contributed by atoms with Crippen LogP contribution in [0.15, 0.2) is 64.2 Å². The summed E-state index contributed by atoms with van der Waals surface area (Å²) in [6, 6.07) is 14.4. The van der Waals surface area contributed by atoms with Crippen molar-refractivity contribution in [1.82, 2.24) is 0 Å². The number of carboxylic acid groups (broad SMARTS) is 1. The van der Waals surface area contributed by atoms with Gasteiger partial charge in [-0.15, -0.1) is 0 Å². The van der Waals surface area contributed by atoms with Crippen LogP contribution in [0.25, 0.3) is 0 Å². The van der Waals surface area contributed by atoms with Gasteiger partial charge in [0, 0.05) is 24.1 Å². The summed E-state index contributed by atoms with van der Waals surface area (Å²) in [5, 5.41) is 15.1. The fourth-order valence-corrected chi connectivity index (χ4v) is 3.11. The molecule has 0 radical (unpaired) electrons. The van der Waals surface area contributed by atoms with Crippen LogP contribution in [0.2, 0.25) is 0 Å². The number of hydrogen-bond donors (Lipinski definition) is 3. The van der Waals surface area contributed by atoms with Crippen molar-refractivity contribution in [3.63, 3.8) is 0 Å². The molecule has 3 aromatic rings. The Balaban J connectivity index is 1.73. The first-order valence-electron chi connectivity index (χ1n) is 9.67. The van der Waals surface area contributed by atoms with Crippen molar-refractivity contribution in [3.05, 3.63) is 91.7 Å². The number of aliphatic carboxylic acids is 1. The highest BCUT2D eigenvalue weighted by Crippen LogP contribution is 2.18. The molecule has 154 valence electrons. The second-order valence-corrected chi connectivity index (χ2v) is 6.97. The van der Waals surface area contributed by atoms with Crippen molar-refractivity contribution in [2.24, 2.45) is 0 Å². The highest BCUT2D eigenvalue weighted by atomic mass is 16.4. The van der Waals surface area contributed by atoms with Crippen molar-refractivity contribution >= 4 is 23.1 Å². The van der Waals surface area contributed by atoms with E-state index in [0.29, 0.717) is 23.2 Å². The van der Waals surface area contributed by atoms with Crippen molar-refractivity contribution in [2.45, 2.75) is 25.8 Å². The zero-order chi connectivity index (χ0) is 21.7. The maximum Gasteiger partial charge on any atom is 0.326 e. The molecule has 0 aliphatic heterocycles. The lowest BCUT2D eigenvalue weighted by atomic mass is 9.99. The monoisotopic (exact) mass is 406 g/mol. The van der Waals surface area contributed by atoms with Crippen LogP contribution >= 0.6 is 0 Å². The lowest BCUT2D eigenvalue weighted by Gasteiger charge is -2.19. The Bertz CT molecular complexity index is 1110. The largest absolute Gasteiger partial charge is 0.480 e. The van der Waals surface area contributed by atoms with E-state index >= 15 is 0 Å². The molecule has 0 amide bonds. The van der Waals surface area contributed by atoms with Crippen LogP contribution in [0.5, 0.6) is 0 Å². The quantitative estimate of drug-likeness (QED) is 0.350. The Labute approximate surface area is 173 Å². The first-order chi connectivity index (χ1) is 14.4. The molecule has 7 nitrogen and oxygen atoms in total. The molecule has 3 N–H and O–H groups in total. The molecule has 0 aliphatic rings. The normalized spacial score (nSPS) is 11.8. The minimum Gasteiger partial charge on any atom is -0.480 e. The Morgan fingerprint density at radius 1 is 0.900 bits per heavy atom. The summed E-state index contributed by atoms with van der Waals surface area (Å²) >= 11 is 0. The average molecular weight is 406 g/mol. The van der Waals surface area contributed by atoms with Crippen LogP contribution in [0.4, 0.5) is 11.4 Å². The van der Waals surface area contributed by atoms with Crippen LogP contribution in [0, 0.1) is 0 Å². The summed E-state index contributed by atoms with van der Waals surface area (Å²) in [6.45, 7) is 2.42. The van der Waals surface area contributed by atoms with Crippen LogP contribution in [0.1, 0.15) is 34.8 Å². The minimum absolute atomic E-state index is 0.0109. The van der Waals surface area contributed by atoms with E-state index in [1.54, 1.807) is 48.5 Å². The number of nitrogens with one attached hydrogen (secondary N) is 2. The van der Waals surface area contributed by atoms with E-state index in [4.69, 9.17) is 0 Å². The summed E-state index contributed by atoms with van der Waals surface area (Å²) < 4.78 is 0. The van der Waals surface area contributed by atoms with E-state index in [9.17, 15) is 24.3 Å². The molecule has 3 aromatic carbocycles. The second kappa shape index (κ2) is 9.17. The van der Waals surface area contributed by atoms with Crippen molar-refractivity contribution in [2.75, 3.05) is 17.2 Å². The molecule has 0 fully saturated rings. The Hall–Kier alpha value is -3.74. The van der Waals surface area contributed by atoms with Gasteiger partial charge in [0.05, 0.1) is 0 Å². The molecule has 0 aliphatic carbocycles. The van der Waals surface area contributed by atoms with Crippen LogP contribution in [-0.4, -0.2) is 29.4 Å². The summed E-state index contributed by atoms with van der Waals surface area (Å²) in [6.07, 6.45) is 0.843. The number of rotatable bonds is 10. The topological polar surface area (TPSA) is 113 Å². The molecule has 30 heavy (non-hydrogen) atoms. The van der Waals surface area contributed by atoms with E-state index < -0.39 is 22.9 Å². The smallest absolute Gasteiger partial charge is 0.326 e. The highest BCUT2D eigenvalue weighted by Gasteiger charge is 2.26. The minimum atomic E-state index is -1.14. The molecular formula is C23H22N2O5. The van der Waals surface area contributed by atoms with Crippen LogP contribution < -0.4 is 21.5 Å². The van der Waals surface area contributed by atoms with Crippen LogP contribution in [0.3, 0.4) is 0 Å². The fraction of sp³-hybridized carbons (Fsp3) is 0.217. The fourth-order valence-electron chi connectivity index (χ4n) is 3.11. The molecule has 0 spiro atoms. The molecule has 0 saturated carbocycles. The molecule has 0 heterocycles. The number of carbonyl (C=O) groups excluding carboxylic acids is 1. The summed E-state index contributed by atoms with van der Waals surface area (Å²) in [4.78, 5) is 47.7. The standard InChI is InChI=1S/C23H22N2O5/c1-2-12-24-18-19(22(28)21(18)27)25-17(23(29)30)13-14-8-10-16(11-9-14)20(26)15-6-4-3-5-7-15/h3-11,17,24-25H,2,12-13H2,1H3,(H,29,30). The highest BCUT2D eigenvalue weighted by molar-refractivity contribution is 6.08. The molecule has 0 aromatic heterocycles. The summed E-state index contributed by atoms with van der Waals surface area (Å²) in [7, 11) is 0. The zero-order valence-corrected chi connectivity index (χ0v) is 16.5. The molecule has 0 bridgehead atoms. The predicted molar refractivity (Wildman–Crippen MR) is 115 cm³/mol. The predicted octanol–water partition coefficient (Wildman–Crippen LogP) is 2.44. The zero-order valence-electron chi connectivity index (χ0n) is 16.5. The van der Waals surface area contributed by atoms with Gasteiger partial charge in [-0.25, -0.2) is 4.79 Å². The number of ketones is 1. The first-order valence-corrected chi connectivity index (χ1v) is 9.67. The van der Waals surface area contributed by atoms with Crippen molar-refractivity contribution < 1.29 is 14.7 Å². The SMILES string of the molecule is CCCNc1c(NC(Cc2ccc(C(=O)c3ccccc3)cc2)C(=O)O)c(=O)c1=O.